The van der Waals surface area contributed by atoms with Crippen LogP contribution in [0.5, 0.6) is 11.5 Å². The molecule has 1 aromatic heterocycles. The maximum atomic E-state index is 14.3. The zero-order valence-electron chi connectivity index (χ0n) is 26.7. The van der Waals surface area contributed by atoms with Crippen LogP contribution in [0.2, 0.25) is 5.02 Å². The number of hydrogen-bond acceptors (Lipinski definition) is 4. The standard InChI is InChI=1S/C40H34ClN3O4/c1-47-37-22-30-18-19-43(25-32(30)23-38(37)48-2)40(46)36-21-31-20-29(12-17-35(31)44(36)24-26-6-4-3-5-7-26)27-10-15-34(16-11-27)42-39(45)28-8-13-33(41)14-9-28/h3-17,20-23H,18-19,24-25H2,1-2H3,(H,42,45). The van der Waals surface area contributed by atoms with Crippen molar-refractivity contribution in [1.82, 2.24) is 9.47 Å². The van der Waals surface area contributed by atoms with E-state index in [4.69, 9.17) is 21.1 Å². The number of carbonyl (C=O) groups excluding carboxylic acids is 2. The molecule has 0 unspecified atom stereocenters. The summed E-state index contributed by atoms with van der Waals surface area (Å²) in [6.45, 7) is 1.68. The molecule has 0 atom stereocenters. The van der Waals surface area contributed by atoms with E-state index in [0.29, 0.717) is 53.1 Å². The van der Waals surface area contributed by atoms with Gasteiger partial charge in [0.05, 0.1) is 14.2 Å². The fourth-order valence-electron chi connectivity index (χ4n) is 6.33. The Bertz CT molecular complexity index is 2120. The second-order valence-corrected chi connectivity index (χ2v) is 12.3. The van der Waals surface area contributed by atoms with Gasteiger partial charge in [0.1, 0.15) is 5.69 Å². The van der Waals surface area contributed by atoms with Crippen molar-refractivity contribution in [1.29, 1.82) is 0 Å². The first-order valence-corrected chi connectivity index (χ1v) is 16.2. The molecule has 0 spiro atoms. The molecule has 0 bridgehead atoms. The molecular weight excluding hydrogens is 622 g/mol. The Morgan fingerprint density at radius 1 is 0.771 bits per heavy atom. The summed E-state index contributed by atoms with van der Waals surface area (Å²) in [4.78, 5) is 28.9. The van der Waals surface area contributed by atoms with Gasteiger partial charge in [0.15, 0.2) is 11.5 Å². The van der Waals surface area contributed by atoms with E-state index in [1.54, 1.807) is 38.5 Å². The number of nitrogens with one attached hydrogen (secondary N) is 1. The summed E-state index contributed by atoms with van der Waals surface area (Å²) in [6.07, 6.45) is 0.737. The first-order valence-electron chi connectivity index (χ1n) is 15.8. The Morgan fingerprint density at radius 3 is 2.17 bits per heavy atom. The van der Waals surface area contributed by atoms with Gasteiger partial charge in [0.2, 0.25) is 0 Å². The number of halogens is 1. The first kappa shape index (κ1) is 31.1. The Morgan fingerprint density at radius 2 is 1.46 bits per heavy atom. The van der Waals surface area contributed by atoms with Crippen LogP contribution in [0.1, 0.15) is 37.5 Å². The van der Waals surface area contributed by atoms with E-state index in [2.05, 4.69) is 40.2 Å². The number of rotatable bonds is 8. The van der Waals surface area contributed by atoms with Crippen molar-refractivity contribution < 1.29 is 19.1 Å². The highest BCUT2D eigenvalue weighted by Gasteiger charge is 2.27. The Hall–Kier alpha value is -5.53. The summed E-state index contributed by atoms with van der Waals surface area (Å²) in [5, 5.41) is 4.51. The van der Waals surface area contributed by atoms with Crippen LogP contribution in [0.3, 0.4) is 0 Å². The maximum absolute atomic E-state index is 14.3. The summed E-state index contributed by atoms with van der Waals surface area (Å²) in [5.41, 5.74) is 8.23. The largest absolute Gasteiger partial charge is 0.493 e. The number of fused-ring (bicyclic) bond motifs is 2. The smallest absolute Gasteiger partial charge is 0.270 e. The van der Waals surface area contributed by atoms with Crippen molar-refractivity contribution in [2.24, 2.45) is 0 Å². The van der Waals surface area contributed by atoms with Crippen LogP contribution in [0.4, 0.5) is 5.69 Å². The second kappa shape index (κ2) is 13.3. The van der Waals surface area contributed by atoms with Crippen LogP contribution in [0, 0.1) is 0 Å². The predicted octanol–water partition coefficient (Wildman–Crippen LogP) is 8.48. The number of ether oxygens (including phenoxy) is 2. The van der Waals surface area contributed by atoms with Gasteiger partial charge in [0.25, 0.3) is 11.8 Å². The fourth-order valence-corrected chi connectivity index (χ4v) is 6.46. The van der Waals surface area contributed by atoms with Crippen LogP contribution >= 0.6 is 11.6 Å². The van der Waals surface area contributed by atoms with Crippen LogP contribution < -0.4 is 14.8 Å². The van der Waals surface area contributed by atoms with E-state index in [-0.39, 0.29) is 11.8 Å². The van der Waals surface area contributed by atoms with E-state index in [1.807, 2.05) is 65.6 Å². The van der Waals surface area contributed by atoms with E-state index < -0.39 is 0 Å². The molecule has 8 heteroatoms. The summed E-state index contributed by atoms with van der Waals surface area (Å²) in [7, 11) is 3.26. The molecule has 5 aromatic carbocycles. The fraction of sp³-hybridized carbons (Fsp3) is 0.150. The lowest BCUT2D eigenvalue weighted by Gasteiger charge is -2.30. The monoisotopic (exact) mass is 655 g/mol. The minimum atomic E-state index is -0.200. The molecule has 1 aliphatic heterocycles. The number of benzene rings is 5. The SMILES string of the molecule is COc1cc2c(cc1OC)CN(C(=O)c1cc3cc(-c4ccc(NC(=O)c5ccc(Cl)cc5)cc4)ccc3n1Cc1ccccc1)CC2. The third kappa shape index (κ3) is 6.25. The number of hydrogen-bond donors (Lipinski definition) is 1. The molecule has 6 aromatic rings. The normalized spacial score (nSPS) is 12.4. The van der Waals surface area contributed by atoms with Gasteiger partial charge in [-0.2, -0.15) is 0 Å². The van der Waals surface area contributed by atoms with Gasteiger partial charge >= 0.3 is 0 Å². The lowest BCUT2D eigenvalue weighted by atomic mass is 9.98. The molecule has 0 radical (unpaired) electrons. The van der Waals surface area contributed by atoms with Crippen molar-refractivity contribution in [2.45, 2.75) is 19.5 Å². The molecule has 7 nitrogen and oxygen atoms in total. The molecule has 1 aliphatic rings. The number of carbonyl (C=O) groups is 2. The van der Waals surface area contributed by atoms with Crippen LogP contribution in [-0.2, 0) is 19.5 Å². The highest BCUT2D eigenvalue weighted by molar-refractivity contribution is 6.30. The molecule has 0 saturated carbocycles. The molecule has 0 saturated heterocycles. The van der Waals surface area contributed by atoms with Gasteiger partial charge in [-0.3, -0.25) is 9.59 Å². The van der Waals surface area contributed by atoms with Gasteiger partial charge in [-0.05, 0) is 101 Å². The lowest BCUT2D eigenvalue weighted by Crippen LogP contribution is -2.37. The molecule has 2 amide bonds. The molecular formula is C40H34ClN3O4. The molecule has 1 N–H and O–H groups in total. The number of amides is 2. The molecule has 0 aliphatic carbocycles. The quantitative estimate of drug-likeness (QED) is 0.179. The average molecular weight is 656 g/mol. The first-order chi connectivity index (χ1) is 23.4. The van der Waals surface area contributed by atoms with E-state index in [1.165, 1.54) is 5.56 Å². The summed E-state index contributed by atoms with van der Waals surface area (Å²) in [6, 6.07) is 37.0. The summed E-state index contributed by atoms with van der Waals surface area (Å²) >= 11 is 5.96. The van der Waals surface area contributed by atoms with Gasteiger partial charge in [-0.1, -0.05) is 60.1 Å². The Kier molecular flexibility index (Phi) is 8.61. The molecule has 7 rings (SSSR count). The van der Waals surface area contributed by atoms with E-state index >= 15 is 0 Å². The summed E-state index contributed by atoms with van der Waals surface area (Å²) in [5.74, 6) is 1.15. The van der Waals surface area contributed by atoms with Crippen molar-refractivity contribution in [3.05, 3.63) is 148 Å². The Labute approximate surface area is 284 Å². The molecule has 240 valence electrons. The van der Waals surface area contributed by atoms with Gasteiger partial charge < -0.3 is 24.3 Å². The van der Waals surface area contributed by atoms with Gasteiger partial charge in [-0.25, -0.2) is 0 Å². The van der Waals surface area contributed by atoms with Crippen LogP contribution in [-0.4, -0.2) is 42.0 Å². The molecule has 2 heterocycles. The number of nitrogens with zero attached hydrogens (tertiary/aromatic N) is 2. The number of aromatic nitrogens is 1. The maximum Gasteiger partial charge on any atom is 0.270 e. The minimum Gasteiger partial charge on any atom is -0.493 e. The van der Waals surface area contributed by atoms with Crippen LogP contribution in [0.25, 0.3) is 22.0 Å². The lowest BCUT2D eigenvalue weighted by molar-refractivity contribution is 0.0724. The second-order valence-electron chi connectivity index (χ2n) is 11.9. The average Bonchev–Trinajstić information content (AvgIpc) is 3.48. The zero-order chi connectivity index (χ0) is 33.2. The van der Waals surface area contributed by atoms with Gasteiger partial charge in [-0.15, -0.1) is 0 Å². The number of methoxy groups -OCH3 is 2. The van der Waals surface area contributed by atoms with Crippen molar-refractivity contribution >= 4 is 40.0 Å². The topological polar surface area (TPSA) is 72.8 Å². The van der Waals surface area contributed by atoms with Crippen molar-refractivity contribution in [3.63, 3.8) is 0 Å². The minimum absolute atomic E-state index is 0.00935. The van der Waals surface area contributed by atoms with Crippen LogP contribution in [0.15, 0.2) is 115 Å². The van der Waals surface area contributed by atoms with E-state index in [0.717, 1.165) is 39.6 Å². The highest BCUT2D eigenvalue weighted by atomic mass is 35.5. The third-order valence-corrected chi connectivity index (χ3v) is 9.14. The van der Waals surface area contributed by atoms with E-state index in [9.17, 15) is 9.59 Å². The third-order valence-electron chi connectivity index (χ3n) is 8.89. The molecule has 48 heavy (non-hydrogen) atoms. The zero-order valence-corrected chi connectivity index (χ0v) is 27.5. The predicted molar refractivity (Wildman–Crippen MR) is 190 cm³/mol. The Balaban J connectivity index is 1.18. The molecule has 0 fully saturated rings. The highest BCUT2D eigenvalue weighted by Crippen LogP contribution is 2.35. The van der Waals surface area contributed by atoms with Crippen molar-refractivity contribution in [3.8, 4) is 22.6 Å². The number of anilines is 1. The van der Waals surface area contributed by atoms with Crippen molar-refractivity contribution in [2.75, 3.05) is 26.1 Å². The van der Waals surface area contributed by atoms with Gasteiger partial charge in [0, 0.05) is 46.8 Å². The summed E-state index contributed by atoms with van der Waals surface area (Å²) < 4.78 is 13.2.